The molecule has 0 saturated carbocycles. The van der Waals surface area contributed by atoms with Crippen LogP contribution in [0.3, 0.4) is 0 Å². The molecule has 4 heterocycles. The minimum Gasteiger partial charge on any atom is -0.503 e. The Bertz CT molecular complexity index is 1330. The van der Waals surface area contributed by atoms with Crippen LogP contribution in [0.1, 0.15) is 12.2 Å². The Balaban J connectivity index is 1.64. The number of hydrogen-bond acceptors (Lipinski definition) is 5. The molecular weight excluding hydrogens is 396 g/mol. The standard InChI is InChI=1S/C23H22N4O4/c28-13-15-6-7-19(31-15)21-20(17-12-25-18-5-2-1-4-16(17)18)22(29)23(30)27(21)10-3-9-26-11-8-24-14-26/h1-2,4-8,11-12,14,25,28-30H,3,9-10,13H2. The smallest absolute Gasteiger partial charge is 0.235 e. The maximum absolute atomic E-state index is 10.9. The number of aromatic amines is 1. The van der Waals surface area contributed by atoms with Crippen molar-refractivity contribution in [2.45, 2.75) is 26.1 Å². The van der Waals surface area contributed by atoms with E-state index >= 15 is 0 Å². The molecule has 4 aromatic heterocycles. The number of aromatic hydroxyl groups is 2. The molecule has 0 aliphatic rings. The van der Waals surface area contributed by atoms with Gasteiger partial charge >= 0.3 is 0 Å². The maximum Gasteiger partial charge on any atom is 0.235 e. The van der Waals surface area contributed by atoms with Gasteiger partial charge in [-0.25, -0.2) is 4.98 Å². The summed E-state index contributed by atoms with van der Waals surface area (Å²) >= 11 is 0. The lowest BCUT2D eigenvalue weighted by Gasteiger charge is -2.10. The van der Waals surface area contributed by atoms with Gasteiger partial charge in [-0.3, -0.25) is 0 Å². The molecule has 0 amide bonds. The Morgan fingerprint density at radius 3 is 2.71 bits per heavy atom. The second kappa shape index (κ2) is 7.73. The van der Waals surface area contributed by atoms with E-state index in [4.69, 9.17) is 4.42 Å². The summed E-state index contributed by atoms with van der Waals surface area (Å²) in [6.07, 6.45) is 7.86. The van der Waals surface area contributed by atoms with E-state index in [2.05, 4.69) is 9.97 Å². The van der Waals surface area contributed by atoms with Crippen molar-refractivity contribution in [3.05, 3.63) is 67.1 Å². The fraction of sp³-hybridized carbons (Fsp3) is 0.174. The first kappa shape index (κ1) is 19.1. The minimum absolute atomic E-state index is 0.204. The zero-order valence-corrected chi connectivity index (χ0v) is 16.7. The van der Waals surface area contributed by atoms with Crippen LogP contribution < -0.4 is 0 Å². The number of rotatable bonds is 7. The van der Waals surface area contributed by atoms with Crippen LogP contribution in [0.25, 0.3) is 33.5 Å². The van der Waals surface area contributed by atoms with E-state index in [1.54, 1.807) is 29.2 Å². The first-order chi connectivity index (χ1) is 15.2. The number of hydrogen-bond donors (Lipinski definition) is 4. The van der Waals surface area contributed by atoms with Gasteiger partial charge < -0.3 is 33.9 Å². The summed E-state index contributed by atoms with van der Waals surface area (Å²) < 4.78 is 9.42. The Kier molecular flexibility index (Phi) is 4.76. The second-order valence-electron chi connectivity index (χ2n) is 7.37. The Hall–Kier alpha value is -3.91. The number of aliphatic hydroxyl groups excluding tert-OH is 1. The van der Waals surface area contributed by atoms with E-state index in [-0.39, 0.29) is 18.2 Å². The number of nitrogens with zero attached hydrogens (tertiary/aromatic N) is 3. The first-order valence-corrected chi connectivity index (χ1v) is 10.0. The number of aryl methyl sites for hydroxylation is 1. The number of fused-ring (bicyclic) bond motifs is 1. The molecule has 158 valence electrons. The number of furan rings is 1. The van der Waals surface area contributed by atoms with Crippen LogP contribution in [-0.4, -0.2) is 34.4 Å². The van der Waals surface area contributed by atoms with Crippen molar-refractivity contribution < 1.29 is 19.7 Å². The minimum atomic E-state index is -0.234. The average molecular weight is 418 g/mol. The molecule has 0 bridgehead atoms. The summed E-state index contributed by atoms with van der Waals surface area (Å²) in [5.74, 6) is 0.444. The zero-order valence-electron chi connectivity index (χ0n) is 16.7. The topological polar surface area (TPSA) is 112 Å². The molecule has 0 fully saturated rings. The fourth-order valence-corrected chi connectivity index (χ4v) is 4.02. The molecule has 8 nitrogen and oxygen atoms in total. The summed E-state index contributed by atoms with van der Waals surface area (Å²) in [5.41, 5.74) is 2.72. The molecule has 8 heteroatoms. The van der Waals surface area contributed by atoms with Crippen LogP contribution in [0.2, 0.25) is 0 Å². The second-order valence-corrected chi connectivity index (χ2v) is 7.37. The van der Waals surface area contributed by atoms with Gasteiger partial charge in [0.05, 0.1) is 17.6 Å². The molecule has 0 unspecified atom stereocenters. The molecule has 31 heavy (non-hydrogen) atoms. The summed E-state index contributed by atoms with van der Waals surface area (Å²) in [6.45, 7) is 0.923. The molecule has 5 rings (SSSR count). The van der Waals surface area contributed by atoms with Gasteiger partial charge in [-0.2, -0.15) is 0 Å². The normalized spacial score (nSPS) is 11.5. The van der Waals surface area contributed by atoms with E-state index in [9.17, 15) is 15.3 Å². The Labute approximate surface area is 177 Å². The van der Waals surface area contributed by atoms with Gasteiger partial charge in [0.15, 0.2) is 11.5 Å². The number of aliphatic hydroxyl groups is 1. The third-order valence-corrected chi connectivity index (χ3v) is 5.48. The van der Waals surface area contributed by atoms with Crippen LogP contribution in [0, 0.1) is 0 Å². The Morgan fingerprint density at radius 1 is 1.06 bits per heavy atom. The predicted molar refractivity (Wildman–Crippen MR) is 116 cm³/mol. The lowest BCUT2D eigenvalue weighted by Crippen LogP contribution is -2.04. The molecular formula is C23H22N4O4. The monoisotopic (exact) mass is 418 g/mol. The first-order valence-electron chi connectivity index (χ1n) is 10.0. The molecule has 0 radical (unpaired) electrons. The van der Waals surface area contributed by atoms with E-state index in [1.165, 1.54) is 0 Å². The molecule has 4 N–H and O–H groups in total. The molecule has 0 aliphatic heterocycles. The van der Waals surface area contributed by atoms with Crippen molar-refractivity contribution in [3.8, 4) is 34.2 Å². The summed E-state index contributed by atoms with van der Waals surface area (Å²) in [5, 5.41) is 32.2. The van der Waals surface area contributed by atoms with Crippen LogP contribution in [0.5, 0.6) is 11.6 Å². The highest BCUT2D eigenvalue weighted by Gasteiger charge is 2.28. The third-order valence-electron chi connectivity index (χ3n) is 5.48. The lowest BCUT2D eigenvalue weighted by atomic mass is 10.0. The summed E-state index contributed by atoms with van der Waals surface area (Å²) in [7, 11) is 0. The van der Waals surface area contributed by atoms with Crippen molar-refractivity contribution in [1.29, 1.82) is 0 Å². The summed E-state index contributed by atoms with van der Waals surface area (Å²) in [6, 6.07) is 11.2. The van der Waals surface area contributed by atoms with Gasteiger partial charge in [-0.05, 0) is 24.6 Å². The van der Waals surface area contributed by atoms with E-state index in [0.29, 0.717) is 42.3 Å². The van der Waals surface area contributed by atoms with Crippen LogP contribution in [0.15, 0.2) is 65.7 Å². The SMILES string of the molecule is OCc1ccc(-c2c(-c3c[nH]c4ccccc34)c(O)c(O)n2CCCn2ccnc2)o1. The van der Waals surface area contributed by atoms with Crippen molar-refractivity contribution in [2.75, 3.05) is 0 Å². The lowest BCUT2D eigenvalue weighted by molar-refractivity contribution is 0.248. The number of imidazole rings is 1. The van der Waals surface area contributed by atoms with Crippen molar-refractivity contribution >= 4 is 10.9 Å². The maximum atomic E-state index is 10.9. The highest BCUT2D eigenvalue weighted by molar-refractivity contribution is 6.01. The number of nitrogens with one attached hydrogen (secondary N) is 1. The average Bonchev–Trinajstić information content (AvgIpc) is 3.57. The van der Waals surface area contributed by atoms with Crippen LogP contribution in [0.4, 0.5) is 0 Å². The van der Waals surface area contributed by atoms with E-state index in [0.717, 1.165) is 16.5 Å². The fourth-order valence-electron chi connectivity index (χ4n) is 4.02. The van der Waals surface area contributed by atoms with Gasteiger partial charge in [-0.15, -0.1) is 0 Å². The quantitative estimate of drug-likeness (QED) is 0.318. The van der Waals surface area contributed by atoms with Crippen LogP contribution in [-0.2, 0) is 19.7 Å². The van der Waals surface area contributed by atoms with Crippen molar-refractivity contribution in [3.63, 3.8) is 0 Å². The highest BCUT2D eigenvalue weighted by Crippen LogP contribution is 2.49. The van der Waals surface area contributed by atoms with Gasteiger partial charge in [-0.1, -0.05) is 18.2 Å². The third kappa shape index (κ3) is 3.27. The highest BCUT2D eigenvalue weighted by atomic mass is 16.4. The number of benzene rings is 1. The number of aromatic nitrogens is 4. The van der Waals surface area contributed by atoms with E-state index < -0.39 is 0 Å². The summed E-state index contributed by atoms with van der Waals surface area (Å²) in [4.78, 5) is 7.26. The van der Waals surface area contributed by atoms with Gasteiger partial charge in [0, 0.05) is 48.1 Å². The number of para-hydroxylation sites is 1. The molecule has 0 saturated heterocycles. The Morgan fingerprint density at radius 2 is 1.94 bits per heavy atom. The molecule has 0 spiro atoms. The zero-order chi connectivity index (χ0) is 21.4. The van der Waals surface area contributed by atoms with Crippen molar-refractivity contribution in [1.82, 2.24) is 19.1 Å². The van der Waals surface area contributed by atoms with E-state index in [1.807, 2.05) is 41.2 Å². The van der Waals surface area contributed by atoms with Crippen LogP contribution >= 0.6 is 0 Å². The van der Waals surface area contributed by atoms with Gasteiger partial charge in [0.2, 0.25) is 5.88 Å². The predicted octanol–water partition coefficient (Wildman–Crippen LogP) is 4.09. The molecule has 5 aromatic rings. The largest absolute Gasteiger partial charge is 0.503 e. The van der Waals surface area contributed by atoms with Gasteiger partial charge in [0.25, 0.3) is 0 Å². The molecule has 0 atom stereocenters. The molecule has 0 aliphatic carbocycles. The number of H-pyrrole nitrogens is 1. The van der Waals surface area contributed by atoms with Gasteiger partial charge in [0.1, 0.15) is 12.4 Å². The van der Waals surface area contributed by atoms with Crippen molar-refractivity contribution in [2.24, 2.45) is 0 Å². The molecule has 1 aromatic carbocycles.